The number of aliphatic hydroxyl groups is 1. The Kier molecular flexibility index (Phi) is 5.39. The van der Waals surface area contributed by atoms with Crippen molar-refractivity contribution in [3.8, 4) is 0 Å². The van der Waals surface area contributed by atoms with Crippen molar-refractivity contribution in [2.24, 2.45) is 0 Å². The lowest BCUT2D eigenvalue weighted by molar-refractivity contribution is -0.384. The molecule has 2 rings (SSSR count). The van der Waals surface area contributed by atoms with Gasteiger partial charge in [-0.2, -0.15) is 0 Å². The molecule has 0 amide bonds. The molecule has 116 valence electrons. The number of halogens is 1. The van der Waals surface area contributed by atoms with E-state index in [1.54, 1.807) is 6.07 Å². The van der Waals surface area contributed by atoms with E-state index in [1.165, 1.54) is 6.07 Å². The Balaban J connectivity index is 2.20. The Hall–Kier alpha value is -1.37. The largest absolute Gasteiger partial charge is 0.395 e. The normalized spacial score (nSPS) is 16.8. The van der Waals surface area contributed by atoms with Gasteiger partial charge in [-0.05, 0) is 25.5 Å². The van der Waals surface area contributed by atoms with Crippen LogP contribution >= 0.6 is 11.6 Å². The lowest BCUT2D eigenvalue weighted by Crippen LogP contribution is -2.32. The van der Waals surface area contributed by atoms with Gasteiger partial charge in [0.2, 0.25) is 0 Å². The van der Waals surface area contributed by atoms with Crippen LogP contribution in [0.1, 0.15) is 12.0 Å². The van der Waals surface area contributed by atoms with Gasteiger partial charge >= 0.3 is 0 Å². The Morgan fingerprint density at radius 3 is 2.71 bits per heavy atom. The van der Waals surface area contributed by atoms with Gasteiger partial charge in [-0.15, -0.1) is 0 Å². The molecule has 0 unspecified atom stereocenters. The molecule has 1 aromatic rings. The molecule has 1 heterocycles. The first-order valence-electron chi connectivity index (χ1n) is 7.05. The molecule has 0 bridgehead atoms. The van der Waals surface area contributed by atoms with Gasteiger partial charge in [-0.1, -0.05) is 11.6 Å². The summed E-state index contributed by atoms with van der Waals surface area (Å²) in [7, 11) is 0. The maximum atomic E-state index is 10.9. The number of aryl methyl sites for hydroxylation is 1. The van der Waals surface area contributed by atoms with Crippen molar-refractivity contribution >= 4 is 23.0 Å². The first-order chi connectivity index (χ1) is 10.0. The first kappa shape index (κ1) is 16.0. The van der Waals surface area contributed by atoms with Gasteiger partial charge in [0, 0.05) is 38.3 Å². The summed E-state index contributed by atoms with van der Waals surface area (Å²) in [5.41, 5.74) is 1.73. The summed E-state index contributed by atoms with van der Waals surface area (Å²) in [5, 5.41) is 20.3. The third kappa shape index (κ3) is 3.84. The van der Waals surface area contributed by atoms with Gasteiger partial charge in [0.1, 0.15) is 0 Å². The van der Waals surface area contributed by atoms with Gasteiger partial charge in [0.25, 0.3) is 5.69 Å². The Bertz CT molecular complexity index is 501. The molecule has 0 aromatic heterocycles. The molecular formula is C14H20ClN3O3. The van der Waals surface area contributed by atoms with Crippen molar-refractivity contribution in [1.82, 2.24) is 4.90 Å². The summed E-state index contributed by atoms with van der Waals surface area (Å²) in [4.78, 5) is 14.8. The third-order valence-corrected chi connectivity index (χ3v) is 4.06. The molecule has 1 aliphatic heterocycles. The van der Waals surface area contributed by atoms with E-state index < -0.39 is 4.92 Å². The highest BCUT2D eigenvalue weighted by Crippen LogP contribution is 2.34. The second kappa shape index (κ2) is 7.06. The summed E-state index contributed by atoms with van der Waals surface area (Å²) < 4.78 is 0. The lowest BCUT2D eigenvalue weighted by Gasteiger charge is -2.26. The quantitative estimate of drug-likeness (QED) is 0.680. The van der Waals surface area contributed by atoms with Gasteiger partial charge in [0.15, 0.2) is 0 Å². The third-order valence-electron chi connectivity index (χ3n) is 3.77. The van der Waals surface area contributed by atoms with Crippen molar-refractivity contribution in [1.29, 1.82) is 0 Å². The number of benzene rings is 1. The summed E-state index contributed by atoms with van der Waals surface area (Å²) in [6.45, 7) is 6.16. The minimum absolute atomic E-state index is 0.0259. The number of hydrogen-bond donors (Lipinski definition) is 1. The van der Waals surface area contributed by atoms with Gasteiger partial charge in [-0.25, -0.2) is 0 Å². The van der Waals surface area contributed by atoms with Crippen LogP contribution in [-0.2, 0) is 0 Å². The summed E-state index contributed by atoms with van der Waals surface area (Å²) in [6.07, 6.45) is 0.979. The standard InChI is InChI=1S/C14H20ClN3O3/c1-11-9-12(18(20)21)10-13(15)14(11)17-4-2-3-16(5-6-17)7-8-19/h9-10,19H,2-8H2,1H3. The van der Waals surface area contributed by atoms with E-state index in [1.807, 2.05) is 6.92 Å². The average Bonchev–Trinajstić information content (AvgIpc) is 2.64. The van der Waals surface area contributed by atoms with Crippen molar-refractivity contribution < 1.29 is 10.0 Å². The number of anilines is 1. The van der Waals surface area contributed by atoms with E-state index in [0.717, 1.165) is 43.9 Å². The maximum absolute atomic E-state index is 10.9. The van der Waals surface area contributed by atoms with Crippen LogP contribution in [0.2, 0.25) is 5.02 Å². The number of aliphatic hydroxyl groups excluding tert-OH is 1. The minimum atomic E-state index is -0.423. The number of nitrogens with zero attached hydrogens (tertiary/aromatic N) is 3. The zero-order chi connectivity index (χ0) is 15.4. The van der Waals surface area contributed by atoms with Crippen molar-refractivity contribution in [2.45, 2.75) is 13.3 Å². The molecule has 0 radical (unpaired) electrons. The fourth-order valence-corrected chi connectivity index (χ4v) is 3.16. The van der Waals surface area contributed by atoms with E-state index in [0.29, 0.717) is 11.6 Å². The highest BCUT2D eigenvalue weighted by Gasteiger charge is 2.21. The molecular weight excluding hydrogens is 294 g/mol. The van der Waals surface area contributed by atoms with Crippen LogP contribution in [0.3, 0.4) is 0 Å². The van der Waals surface area contributed by atoms with Crippen molar-refractivity contribution in [2.75, 3.05) is 44.2 Å². The van der Waals surface area contributed by atoms with Crippen LogP contribution in [0.4, 0.5) is 11.4 Å². The van der Waals surface area contributed by atoms with Crippen LogP contribution in [-0.4, -0.2) is 54.3 Å². The number of non-ortho nitro benzene ring substituents is 1. The second-order valence-electron chi connectivity index (χ2n) is 5.26. The van der Waals surface area contributed by atoms with E-state index in [-0.39, 0.29) is 12.3 Å². The predicted molar refractivity (Wildman–Crippen MR) is 83.2 cm³/mol. The monoisotopic (exact) mass is 313 g/mol. The topological polar surface area (TPSA) is 69.9 Å². The zero-order valence-corrected chi connectivity index (χ0v) is 12.8. The predicted octanol–water partition coefficient (Wildman–Crippen LogP) is 2.06. The number of rotatable bonds is 4. The molecule has 0 atom stereocenters. The van der Waals surface area contributed by atoms with Crippen LogP contribution < -0.4 is 4.90 Å². The second-order valence-corrected chi connectivity index (χ2v) is 5.66. The van der Waals surface area contributed by atoms with E-state index in [4.69, 9.17) is 16.7 Å². The first-order valence-corrected chi connectivity index (χ1v) is 7.43. The fourth-order valence-electron chi connectivity index (χ4n) is 2.78. The zero-order valence-electron chi connectivity index (χ0n) is 12.1. The lowest BCUT2D eigenvalue weighted by atomic mass is 10.1. The summed E-state index contributed by atoms with van der Waals surface area (Å²) >= 11 is 6.26. The molecule has 1 N–H and O–H groups in total. The number of β-amino-alcohol motifs (C(OH)–C–C–N with tert-alkyl or cyclic N) is 1. The SMILES string of the molecule is Cc1cc([N+](=O)[O-])cc(Cl)c1N1CCCN(CCO)CC1. The van der Waals surface area contributed by atoms with Crippen molar-refractivity contribution in [3.05, 3.63) is 32.8 Å². The van der Waals surface area contributed by atoms with E-state index in [2.05, 4.69) is 9.80 Å². The van der Waals surface area contributed by atoms with Crippen LogP contribution in [0, 0.1) is 17.0 Å². The molecule has 1 saturated heterocycles. The highest BCUT2D eigenvalue weighted by atomic mass is 35.5. The van der Waals surface area contributed by atoms with Crippen LogP contribution in [0.15, 0.2) is 12.1 Å². The molecule has 1 fully saturated rings. The molecule has 0 saturated carbocycles. The molecule has 1 aromatic carbocycles. The Morgan fingerprint density at radius 2 is 2.10 bits per heavy atom. The Morgan fingerprint density at radius 1 is 1.33 bits per heavy atom. The number of nitro benzene ring substituents is 1. The number of hydrogen-bond acceptors (Lipinski definition) is 5. The van der Waals surface area contributed by atoms with E-state index >= 15 is 0 Å². The average molecular weight is 314 g/mol. The Labute approximate surface area is 129 Å². The van der Waals surface area contributed by atoms with Crippen LogP contribution in [0.5, 0.6) is 0 Å². The van der Waals surface area contributed by atoms with Gasteiger partial charge < -0.3 is 10.0 Å². The van der Waals surface area contributed by atoms with Crippen LogP contribution in [0.25, 0.3) is 0 Å². The molecule has 6 nitrogen and oxygen atoms in total. The highest BCUT2D eigenvalue weighted by molar-refractivity contribution is 6.33. The molecule has 1 aliphatic rings. The minimum Gasteiger partial charge on any atom is -0.395 e. The molecule has 7 heteroatoms. The number of nitro groups is 1. The molecule has 0 aliphatic carbocycles. The molecule has 0 spiro atoms. The molecule has 21 heavy (non-hydrogen) atoms. The fraction of sp³-hybridized carbons (Fsp3) is 0.571. The maximum Gasteiger partial charge on any atom is 0.271 e. The summed E-state index contributed by atoms with van der Waals surface area (Å²) in [5.74, 6) is 0. The van der Waals surface area contributed by atoms with Gasteiger partial charge in [0.05, 0.1) is 22.2 Å². The van der Waals surface area contributed by atoms with E-state index in [9.17, 15) is 10.1 Å². The smallest absolute Gasteiger partial charge is 0.271 e. The summed E-state index contributed by atoms with van der Waals surface area (Å²) in [6, 6.07) is 2.98. The van der Waals surface area contributed by atoms with Gasteiger partial charge in [-0.3, -0.25) is 15.0 Å². The van der Waals surface area contributed by atoms with Crippen molar-refractivity contribution in [3.63, 3.8) is 0 Å².